The van der Waals surface area contributed by atoms with Crippen LogP contribution in [0.5, 0.6) is 0 Å². The standard InChI is InChI=1S/C15H23N3/c16-13-7-5-12(6-8-13)15-17-10-9-14(18-15)11-3-1-2-4-11/h9-13H,1-8,16H2. The Labute approximate surface area is 109 Å². The maximum atomic E-state index is 5.96. The van der Waals surface area contributed by atoms with Crippen molar-refractivity contribution in [1.82, 2.24) is 9.97 Å². The summed E-state index contributed by atoms with van der Waals surface area (Å²) in [5.74, 6) is 2.31. The van der Waals surface area contributed by atoms with Crippen LogP contribution in [0.2, 0.25) is 0 Å². The molecular formula is C15H23N3. The van der Waals surface area contributed by atoms with Crippen LogP contribution in [0, 0.1) is 0 Å². The normalized spacial score (nSPS) is 29.6. The summed E-state index contributed by atoms with van der Waals surface area (Å²) in [6, 6.07) is 2.52. The fourth-order valence-electron chi connectivity index (χ4n) is 3.41. The van der Waals surface area contributed by atoms with Gasteiger partial charge in [0.15, 0.2) is 0 Å². The summed E-state index contributed by atoms with van der Waals surface area (Å²) < 4.78 is 0. The number of nitrogens with two attached hydrogens (primary N) is 1. The van der Waals surface area contributed by atoms with Crippen molar-refractivity contribution in [1.29, 1.82) is 0 Å². The fourth-order valence-corrected chi connectivity index (χ4v) is 3.41. The predicted molar refractivity (Wildman–Crippen MR) is 72.4 cm³/mol. The Bertz CT molecular complexity index is 390. The zero-order valence-electron chi connectivity index (χ0n) is 11.0. The molecule has 2 fully saturated rings. The van der Waals surface area contributed by atoms with Gasteiger partial charge in [-0.1, -0.05) is 12.8 Å². The molecule has 0 atom stereocenters. The zero-order valence-corrected chi connectivity index (χ0v) is 11.0. The molecule has 2 N–H and O–H groups in total. The highest BCUT2D eigenvalue weighted by molar-refractivity contribution is 5.12. The molecule has 3 rings (SSSR count). The molecule has 0 aromatic carbocycles. The lowest BCUT2D eigenvalue weighted by Gasteiger charge is -2.25. The lowest BCUT2D eigenvalue weighted by atomic mass is 9.86. The van der Waals surface area contributed by atoms with Crippen LogP contribution in [-0.2, 0) is 0 Å². The van der Waals surface area contributed by atoms with E-state index in [1.54, 1.807) is 0 Å². The van der Waals surface area contributed by atoms with Gasteiger partial charge in [-0.2, -0.15) is 0 Å². The highest BCUT2D eigenvalue weighted by Crippen LogP contribution is 2.35. The molecule has 2 aliphatic rings. The molecular weight excluding hydrogens is 222 g/mol. The Morgan fingerprint density at radius 3 is 2.39 bits per heavy atom. The third-order valence-corrected chi connectivity index (χ3v) is 4.61. The van der Waals surface area contributed by atoms with Crippen molar-refractivity contribution in [2.24, 2.45) is 5.73 Å². The van der Waals surface area contributed by atoms with Gasteiger partial charge >= 0.3 is 0 Å². The van der Waals surface area contributed by atoms with Gasteiger partial charge in [0, 0.05) is 29.8 Å². The molecule has 1 heterocycles. The summed E-state index contributed by atoms with van der Waals surface area (Å²) >= 11 is 0. The van der Waals surface area contributed by atoms with Crippen LogP contribution >= 0.6 is 0 Å². The van der Waals surface area contributed by atoms with Crippen molar-refractivity contribution in [3.63, 3.8) is 0 Å². The Hall–Kier alpha value is -0.960. The molecule has 98 valence electrons. The van der Waals surface area contributed by atoms with Crippen molar-refractivity contribution in [2.75, 3.05) is 0 Å². The lowest BCUT2D eigenvalue weighted by molar-refractivity contribution is 0.383. The summed E-state index contributed by atoms with van der Waals surface area (Å²) in [4.78, 5) is 9.36. The van der Waals surface area contributed by atoms with E-state index in [4.69, 9.17) is 10.7 Å². The van der Waals surface area contributed by atoms with Crippen LogP contribution in [0.3, 0.4) is 0 Å². The molecule has 1 aromatic rings. The van der Waals surface area contributed by atoms with Gasteiger partial charge in [0.1, 0.15) is 5.82 Å². The minimum atomic E-state index is 0.402. The van der Waals surface area contributed by atoms with E-state index in [0.29, 0.717) is 17.9 Å². The Morgan fingerprint density at radius 2 is 1.67 bits per heavy atom. The second-order valence-corrected chi connectivity index (χ2v) is 5.93. The summed E-state index contributed by atoms with van der Waals surface area (Å²) in [6.45, 7) is 0. The highest BCUT2D eigenvalue weighted by atomic mass is 14.9. The van der Waals surface area contributed by atoms with Crippen LogP contribution in [-0.4, -0.2) is 16.0 Å². The van der Waals surface area contributed by atoms with Crippen LogP contribution < -0.4 is 5.73 Å². The van der Waals surface area contributed by atoms with E-state index in [1.807, 2.05) is 6.20 Å². The number of hydrogen-bond acceptors (Lipinski definition) is 3. The molecule has 0 spiro atoms. The van der Waals surface area contributed by atoms with Gasteiger partial charge in [-0.15, -0.1) is 0 Å². The third-order valence-electron chi connectivity index (χ3n) is 4.61. The van der Waals surface area contributed by atoms with E-state index < -0.39 is 0 Å². The first-order valence-corrected chi connectivity index (χ1v) is 7.41. The van der Waals surface area contributed by atoms with Crippen molar-refractivity contribution >= 4 is 0 Å². The first-order chi connectivity index (χ1) is 8.83. The van der Waals surface area contributed by atoms with Gasteiger partial charge in [-0.3, -0.25) is 0 Å². The van der Waals surface area contributed by atoms with Crippen molar-refractivity contribution in [3.8, 4) is 0 Å². The molecule has 18 heavy (non-hydrogen) atoms. The van der Waals surface area contributed by atoms with E-state index in [-0.39, 0.29) is 0 Å². The quantitative estimate of drug-likeness (QED) is 0.871. The lowest BCUT2D eigenvalue weighted by Crippen LogP contribution is -2.26. The maximum absolute atomic E-state index is 5.96. The van der Waals surface area contributed by atoms with Crippen LogP contribution in [0.4, 0.5) is 0 Å². The Morgan fingerprint density at radius 1 is 0.944 bits per heavy atom. The van der Waals surface area contributed by atoms with Gasteiger partial charge in [-0.25, -0.2) is 9.97 Å². The summed E-state index contributed by atoms with van der Waals surface area (Å²) in [5.41, 5.74) is 7.25. The average Bonchev–Trinajstić information content (AvgIpc) is 2.94. The third kappa shape index (κ3) is 2.56. The smallest absolute Gasteiger partial charge is 0.131 e. The Kier molecular flexibility index (Phi) is 3.59. The summed E-state index contributed by atoms with van der Waals surface area (Å²) in [7, 11) is 0. The van der Waals surface area contributed by atoms with Crippen molar-refractivity contribution < 1.29 is 0 Å². The zero-order chi connectivity index (χ0) is 12.4. The second kappa shape index (κ2) is 5.35. The van der Waals surface area contributed by atoms with E-state index in [0.717, 1.165) is 31.5 Å². The van der Waals surface area contributed by atoms with E-state index >= 15 is 0 Å². The average molecular weight is 245 g/mol. The molecule has 3 nitrogen and oxygen atoms in total. The number of nitrogens with zero attached hydrogens (tertiary/aromatic N) is 2. The molecule has 0 aliphatic heterocycles. The molecule has 3 heteroatoms. The minimum Gasteiger partial charge on any atom is -0.328 e. The van der Waals surface area contributed by atoms with Gasteiger partial charge in [0.2, 0.25) is 0 Å². The summed E-state index contributed by atoms with van der Waals surface area (Å²) in [6.07, 6.45) is 11.9. The highest BCUT2D eigenvalue weighted by Gasteiger charge is 2.24. The van der Waals surface area contributed by atoms with Gasteiger partial charge in [-0.05, 0) is 44.6 Å². The first kappa shape index (κ1) is 12.1. The van der Waals surface area contributed by atoms with Crippen LogP contribution in [0.25, 0.3) is 0 Å². The largest absolute Gasteiger partial charge is 0.328 e. The number of aromatic nitrogens is 2. The monoisotopic (exact) mass is 245 g/mol. The van der Waals surface area contributed by atoms with Crippen molar-refractivity contribution in [3.05, 3.63) is 23.8 Å². The molecule has 1 aromatic heterocycles. The molecule has 0 amide bonds. The molecule has 0 saturated heterocycles. The SMILES string of the molecule is NC1CCC(c2nccc(C3CCCC3)n2)CC1. The number of rotatable bonds is 2. The maximum Gasteiger partial charge on any atom is 0.131 e. The summed E-state index contributed by atoms with van der Waals surface area (Å²) in [5, 5.41) is 0. The topological polar surface area (TPSA) is 51.8 Å². The molecule has 2 saturated carbocycles. The van der Waals surface area contributed by atoms with Crippen LogP contribution in [0.1, 0.15) is 74.7 Å². The minimum absolute atomic E-state index is 0.402. The van der Waals surface area contributed by atoms with Crippen molar-refractivity contribution in [2.45, 2.75) is 69.2 Å². The van der Waals surface area contributed by atoms with E-state index in [2.05, 4.69) is 11.1 Å². The predicted octanol–water partition coefficient (Wildman–Crippen LogP) is 3.12. The van der Waals surface area contributed by atoms with E-state index in [1.165, 1.54) is 31.4 Å². The molecule has 2 aliphatic carbocycles. The van der Waals surface area contributed by atoms with Crippen LogP contribution in [0.15, 0.2) is 12.3 Å². The molecule has 0 radical (unpaired) electrons. The Balaban J connectivity index is 1.74. The molecule has 0 bridgehead atoms. The molecule has 0 unspecified atom stereocenters. The van der Waals surface area contributed by atoms with E-state index in [9.17, 15) is 0 Å². The fraction of sp³-hybridized carbons (Fsp3) is 0.733. The van der Waals surface area contributed by atoms with Gasteiger partial charge in [0.25, 0.3) is 0 Å². The van der Waals surface area contributed by atoms with Gasteiger partial charge in [0.05, 0.1) is 0 Å². The van der Waals surface area contributed by atoms with Gasteiger partial charge < -0.3 is 5.73 Å². The number of hydrogen-bond donors (Lipinski definition) is 1. The second-order valence-electron chi connectivity index (χ2n) is 5.93. The first-order valence-electron chi connectivity index (χ1n) is 7.41.